The van der Waals surface area contributed by atoms with Gasteiger partial charge in [0.15, 0.2) is 9.84 Å². The van der Waals surface area contributed by atoms with Crippen molar-refractivity contribution in [2.24, 2.45) is 0 Å². The Labute approximate surface area is 104 Å². The molecule has 1 saturated heterocycles. The minimum absolute atomic E-state index is 0.0923. The molecule has 0 radical (unpaired) electrons. The minimum Gasteiger partial charge on any atom is -0.395 e. The van der Waals surface area contributed by atoms with Crippen LogP contribution in [0.3, 0.4) is 0 Å². The first-order chi connectivity index (χ1) is 7.98. The molecule has 0 spiro atoms. The molecule has 2 N–H and O–H groups in total. The molecule has 17 heavy (non-hydrogen) atoms. The van der Waals surface area contributed by atoms with E-state index in [9.17, 15) is 8.42 Å². The van der Waals surface area contributed by atoms with Gasteiger partial charge in [-0.15, -0.1) is 0 Å². The van der Waals surface area contributed by atoms with Crippen LogP contribution in [0.25, 0.3) is 0 Å². The van der Waals surface area contributed by atoms with Gasteiger partial charge >= 0.3 is 0 Å². The Bertz CT molecular complexity index is 319. The Balaban J connectivity index is 2.37. The minimum atomic E-state index is -2.83. The molecule has 0 saturated carbocycles. The molecule has 1 heterocycles. The van der Waals surface area contributed by atoms with Gasteiger partial charge in [-0.05, 0) is 19.9 Å². The first kappa shape index (κ1) is 14.9. The third-order valence-corrected chi connectivity index (χ3v) is 5.08. The predicted octanol–water partition coefficient (Wildman–Crippen LogP) is -0.534. The Hall–Kier alpha value is -0.170. The van der Waals surface area contributed by atoms with E-state index in [-0.39, 0.29) is 30.2 Å². The number of likely N-dealkylation sites (N-methyl/N-ethyl adjacent to an activating group) is 1. The van der Waals surface area contributed by atoms with Gasteiger partial charge < -0.3 is 10.4 Å². The molecule has 1 rings (SSSR count). The van der Waals surface area contributed by atoms with Gasteiger partial charge in [-0.25, -0.2) is 8.42 Å². The smallest absolute Gasteiger partial charge is 0.153 e. The van der Waals surface area contributed by atoms with Crippen LogP contribution in [0.2, 0.25) is 0 Å². The van der Waals surface area contributed by atoms with Crippen molar-refractivity contribution in [1.82, 2.24) is 10.2 Å². The standard InChI is InChI=1S/C11H24N2O3S/c1-3-12-11(8-14)4-5-13-6-7-17(15,16)9-10(13)2/h10-12,14H,3-9H2,1-2H3. The molecule has 0 aliphatic carbocycles. The normalized spacial score (nSPS) is 26.9. The van der Waals surface area contributed by atoms with E-state index in [2.05, 4.69) is 10.2 Å². The van der Waals surface area contributed by atoms with Crippen molar-refractivity contribution in [2.45, 2.75) is 32.4 Å². The average Bonchev–Trinajstić information content (AvgIpc) is 2.25. The van der Waals surface area contributed by atoms with E-state index in [1.807, 2.05) is 13.8 Å². The summed E-state index contributed by atoms with van der Waals surface area (Å²) < 4.78 is 22.8. The fraction of sp³-hybridized carbons (Fsp3) is 1.00. The zero-order valence-corrected chi connectivity index (χ0v) is 11.5. The second-order valence-electron chi connectivity index (χ2n) is 4.73. The van der Waals surface area contributed by atoms with E-state index >= 15 is 0 Å². The van der Waals surface area contributed by atoms with Gasteiger partial charge in [0.1, 0.15) is 0 Å². The van der Waals surface area contributed by atoms with Crippen LogP contribution in [0.15, 0.2) is 0 Å². The highest BCUT2D eigenvalue weighted by molar-refractivity contribution is 7.91. The number of nitrogens with zero attached hydrogens (tertiary/aromatic N) is 1. The van der Waals surface area contributed by atoms with Gasteiger partial charge in [0.25, 0.3) is 0 Å². The van der Waals surface area contributed by atoms with Crippen LogP contribution < -0.4 is 5.32 Å². The number of hydrogen-bond acceptors (Lipinski definition) is 5. The second kappa shape index (κ2) is 6.68. The van der Waals surface area contributed by atoms with Crippen LogP contribution in [0.1, 0.15) is 20.3 Å². The van der Waals surface area contributed by atoms with Gasteiger partial charge in [0.2, 0.25) is 0 Å². The first-order valence-corrected chi connectivity index (χ1v) is 8.09. The number of hydrogen-bond donors (Lipinski definition) is 2. The zero-order chi connectivity index (χ0) is 12.9. The zero-order valence-electron chi connectivity index (χ0n) is 10.7. The first-order valence-electron chi connectivity index (χ1n) is 6.27. The van der Waals surface area contributed by atoms with Gasteiger partial charge in [-0.3, -0.25) is 4.90 Å². The predicted molar refractivity (Wildman–Crippen MR) is 68.9 cm³/mol. The van der Waals surface area contributed by atoms with Gasteiger partial charge in [0, 0.05) is 25.2 Å². The summed E-state index contributed by atoms with van der Waals surface area (Å²) in [4.78, 5) is 2.20. The molecule has 6 heteroatoms. The molecule has 1 aliphatic heterocycles. The maximum absolute atomic E-state index is 11.4. The van der Waals surface area contributed by atoms with E-state index in [0.29, 0.717) is 6.54 Å². The Morgan fingerprint density at radius 3 is 2.76 bits per heavy atom. The summed E-state index contributed by atoms with van der Waals surface area (Å²) in [7, 11) is -2.83. The third kappa shape index (κ3) is 4.91. The largest absolute Gasteiger partial charge is 0.395 e. The van der Waals surface area contributed by atoms with Crippen molar-refractivity contribution >= 4 is 9.84 Å². The third-order valence-electron chi connectivity index (χ3n) is 3.29. The molecular formula is C11H24N2O3S. The van der Waals surface area contributed by atoms with Crippen molar-refractivity contribution < 1.29 is 13.5 Å². The van der Waals surface area contributed by atoms with Gasteiger partial charge in [0.05, 0.1) is 18.1 Å². The molecule has 0 aromatic rings. The van der Waals surface area contributed by atoms with Gasteiger partial charge in [-0.2, -0.15) is 0 Å². The van der Waals surface area contributed by atoms with E-state index in [1.54, 1.807) is 0 Å². The summed E-state index contributed by atoms with van der Waals surface area (Å²) in [6.45, 7) is 6.41. The maximum Gasteiger partial charge on any atom is 0.153 e. The lowest BCUT2D eigenvalue weighted by Gasteiger charge is -2.33. The molecular weight excluding hydrogens is 240 g/mol. The Kier molecular flexibility index (Phi) is 5.85. The second-order valence-corrected chi connectivity index (χ2v) is 6.95. The van der Waals surface area contributed by atoms with Crippen molar-refractivity contribution in [2.75, 3.05) is 37.7 Å². The number of rotatable bonds is 6. The highest BCUT2D eigenvalue weighted by atomic mass is 32.2. The van der Waals surface area contributed by atoms with Crippen LogP contribution in [-0.4, -0.2) is 68.3 Å². The number of aliphatic hydroxyl groups excluding tert-OH is 1. The maximum atomic E-state index is 11.4. The summed E-state index contributed by atoms with van der Waals surface area (Å²) >= 11 is 0. The number of nitrogens with one attached hydrogen (secondary N) is 1. The summed E-state index contributed by atoms with van der Waals surface area (Å²) in [5.41, 5.74) is 0. The van der Waals surface area contributed by atoms with E-state index in [0.717, 1.165) is 19.5 Å². The summed E-state index contributed by atoms with van der Waals surface area (Å²) in [5.74, 6) is 0.528. The molecule has 0 bridgehead atoms. The number of aliphatic hydroxyl groups is 1. The van der Waals surface area contributed by atoms with Crippen molar-refractivity contribution in [3.8, 4) is 0 Å². The van der Waals surface area contributed by atoms with Crippen LogP contribution in [0, 0.1) is 0 Å². The van der Waals surface area contributed by atoms with Crippen LogP contribution in [0.4, 0.5) is 0 Å². The SMILES string of the molecule is CCNC(CO)CCN1CCS(=O)(=O)CC1C. The lowest BCUT2D eigenvalue weighted by molar-refractivity contribution is 0.186. The lowest BCUT2D eigenvalue weighted by Crippen LogP contribution is -2.48. The van der Waals surface area contributed by atoms with E-state index < -0.39 is 9.84 Å². The summed E-state index contributed by atoms with van der Waals surface area (Å²) in [6, 6.07) is 0.209. The number of sulfone groups is 1. The fourth-order valence-electron chi connectivity index (χ4n) is 2.23. The quantitative estimate of drug-likeness (QED) is 0.675. The Morgan fingerprint density at radius 1 is 1.53 bits per heavy atom. The van der Waals surface area contributed by atoms with Crippen molar-refractivity contribution in [1.29, 1.82) is 0 Å². The van der Waals surface area contributed by atoms with Crippen molar-refractivity contribution in [3.63, 3.8) is 0 Å². The molecule has 1 fully saturated rings. The molecule has 2 unspecified atom stereocenters. The van der Waals surface area contributed by atoms with Gasteiger partial charge in [-0.1, -0.05) is 6.92 Å². The van der Waals surface area contributed by atoms with Crippen LogP contribution >= 0.6 is 0 Å². The molecule has 102 valence electrons. The topological polar surface area (TPSA) is 69.6 Å². The monoisotopic (exact) mass is 264 g/mol. The van der Waals surface area contributed by atoms with E-state index in [4.69, 9.17) is 5.11 Å². The highest BCUT2D eigenvalue weighted by Crippen LogP contribution is 2.12. The molecule has 0 aromatic heterocycles. The molecule has 2 atom stereocenters. The summed E-state index contributed by atoms with van der Waals surface area (Å²) in [6.07, 6.45) is 0.856. The molecule has 1 aliphatic rings. The van der Waals surface area contributed by atoms with Crippen LogP contribution in [-0.2, 0) is 9.84 Å². The summed E-state index contributed by atoms with van der Waals surface area (Å²) in [5, 5.41) is 12.4. The highest BCUT2D eigenvalue weighted by Gasteiger charge is 2.27. The Morgan fingerprint density at radius 2 is 2.24 bits per heavy atom. The molecule has 5 nitrogen and oxygen atoms in total. The van der Waals surface area contributed by atoms with E-state index in [1.165, 1.54) is 0 Å². The molecule has 0 amide bonds. The molecule has 0 aromatic carbocycles. The average molecular weight is 264 g/mol. The van der Waals surface area contributed by atoms with Crippen LogP contribution in [0.5, 0.6) is 0 Å². The fourth-order valence-corrected chi connectivity index (χ4v) is 3.86. The lowest BCUT2D eigenvalue weighted by atomic mass is 10.2. The van der Waals surface area contributed by atoms with Crippen molar-refractivity contribution in [3.05, 3.63) is 0 Å².